The molecular weight excluding hydrogens is 190 g/mol. The molecule has 0 radical (unpaired) electrons. The fourth-order valence-electron chi connectivity index (χ4n) is 1.71. The van der Waals surface area contributed by atoms with Gasteiger partial charge in [-0.3, -0.25) is 5.10 Å². The maximum absolute atomic E-state index is 4.21. The molecule has 2 aromatic rings. The average molecular weight is 203 g/mol. The van der Waals surface area contributed by atoms with Gasteiger partial charge in [0.05, 0.1) is 11.6 Å². The maximum atomic E-state index is 4.21. The third-order valence-electron chi connectivity index (χ3n) is 2.79. The smallest absolute Gasteiger partial charge is 0.160 e. The summed E-state index contributed by atoms with van der Waals surface area (Å²) in [7, 11) is 0. The fourth-order valence-corrected chi connectivity index (χ4v) is 1.71. The Morgan fingerprint density at radius 2 is 2.33 bits per heavy atom. The van der Waals surface area contributed by atoms with Crippen LogP contribution in [0.15, 0.2) is 12.5 Å². The first-order valence-electron chi connectivity index (χ1n) is 5.31. The Morgan fingerprint density at radius 1 is 1.40 bits per heavy atom. The Labute approximate surface area is 87.3 Å². The highest BCUT2D eigenvalue weighted by atomic mass is 15.2. The van der Waals surface area contributed by atoms with Crippen LogP contribution in [0, 0.1) is 5.92 Å². The van der Waals surface area contributed by atoms with Crippen LogP contribution in [-0.4, -0.2) is 26.7 Å². The summed E-state index contributed by atoms with van der Waals surface area (Å²) in [6.45, 7) is 0.988. The molecule has 78 valence electrons. The van der Waals surface area contributed by atoms with Crippen LogP contribution in [0.4, 0.5) is 5.82 Å². The molecule has 0 aliphatic heterocycles. The minimum Gasteiger partial charge on any atom is -0.369 e. The Hall–Kier alpha value is -1.65. The normalized spacial score (nSPS) is 15.7. The number of nitrogens with zero attached hydrogens (tertiary/aromatic N) is 3. The molecule has 5 nitrogen and oxygen atoms in total. The van der Waals surface area contributed by atoms with E-state index in [4.69, 9.17) is 0 Å². The number of anilines is 1. The molecule has 1 aliphatic rings. The lowest BCUT2D eigenvalue weighted by atomic mass is 10.3. The van der Waals surface area contributed by atoms with E-state index in [1.165, 1.54) is 19.3 Å². The Bertz CT molecular complexity index is 460. The quantitative estimate of drug-likeness (QED) is 0.791. The van der Waals surface area contributed by atoms with Gasteiger partial charge in [-0.2, -0.15) is 5.10 Å². The number of fused-ring (bicyclic) bond motifs is 1. The second kappa shape index (κ2) is 3.49. The van der Waals surface area contributed by atoms with Gasteiger partial charge in [-0.25, -0.2) is 9.97 Å². The molecule has 1 fully saturated rings. The predicted molar refractivity (Wildman–Crippen MR) is 57.5 cm³/mol. The average Bonchev–Trinajstić information content (AvgIpc) is 2.95. The fraction of sp³-hybridized carbons (Fsp3) is 0.500. The van der Waals surface area contributed by atoms with Crippen molar-refractivity contribution >= 4 is 16.9 Å². The molecule has 1 saturated carbocycles. The van der Waals surface area contributed by atoms with Gasteiger partial charge >= 0.3 is 0 Å². The van der Waals surface area contributed by atoms with E-state index in [0.29, 0.717) is 0 Å². The van der Waals surface area contributed by atoms with Crippen LogP contribution in [0.3, 0.4) is 0 Å². The molecule has 0 bridgehead atoms. The van der Waals surface area contributed by atoms with Crippen molar-refractivity contribution in [3.8, 4) is 0 Å². The number of rotatable bonds is 4. The number of H-pyrrole nitrogens is 1. The molecule has 0 saturated heterocycles. The Balaban J connectivity index is 1.74. The third kappa shape index (κ3) is 1.77. The summed E-state index contributed by atoms with van der Waals surface area (Å²) in [5.74, 6) is 1.83. The summed E-state index contributed by atoms with van der Waals surface area (Å²) >= 11 is 0. The SMILES string of the molecule is c1nc(NCCC2CC2)c2cn[nH]c2n1. The molecule has 1 aliphatic carbocycles. The van der Waals surface area contributed by atoms with Crippen LogP contribution in [0.25, 0.3) is 11.0 Å². The van der Waals surface area contributed by atoms with Gasteiger partial charge in [0, 0.05) is 6.54 Å². The van der Waals surface area contributed by atoms with Crippen LogP contribution in [0.2, 0.25) is 0 Å². The van der Waals surface area contributed by atoms with Crippen molar-refractivity contribution in [2.45, 2.75) is 19.3 Å². The lowest BCUT2D eigenvalue weighted by Gasteiger charge is -2.04. The number of aromatic amines is 1. The summed E-state index contributed by atoms with van der Waals surface area (Å²) in [5, 5.41) is 11.1. The van der Waals surface area contributed by atoms with E-state index >= 15 is 0 Å². The highest BCUT2D eigenvalue weighted by Gasteiger charge is 2.20. The first-order valence-corrected chi connectivity index (χ1v) is 5.31. The molecule has 0 amide bonds. The molecule has 2 aromatic heterocycles. The summed E-state index contributed by atoms with van der Waals surface area (Å²) < 4.78 is 0. The summed E-state index contributed by atoms with van der Waals surface area (Å²) in [5.41, 5.74) is 0.791. The van der Waals surface area contributed by atoms with Gasteiger partial charge in [0.1, 0.15) is 12.1 Å². The molecule has 0 aromatic carbocycles. The van der Waals surface area contributed by atoms with Gasteiger partial charge < -0.3 is 5.32 Å². The van der Waals surface area contributed by atoms with Gasteiger partial charge in [-0.1, -0.05) is 12.8 Å². The molecule has 0 atom stereocenters. The monoisotopic (exact) mass is 203 g/mol. The molecule has 15 heavy (non-hydrogen) atoms. The third-order valence-corrected chi connectivity index (χ3v) is 2.79. The largest absolute Gasteiger partial charge is 0.369 e. The first kappa shape index (κ1) is 8.64. The van der Waals surface area contributed by atoms with Crippen molar-refractivity contribution < 1.29 is 0 Å². The van der Waals surface area contributed by atoms with Crippen molar-refractivity contribution in [1.29, 1.82) is 0 Å². The standard InChI is InChI=1S/C10H13N5/c1-2-7(1)3-4-11-9-8-5-14-15-10(8)13-6-12-9/h5-7H,1-4H2,(H2,11,12,13,14,15). The second-order valence-electron chi connectivity index (χ2n) is 4.01. The molecular formula is C10H13N5. The molecule has 3 rings (SSSR count). The van der Waals surface area contributed by atoms with Crippen molar-refractivity contribution in [1.82, 2.24) is 20.2 Å². The van der Waals surface area contributed by atoms with Gasteiger partial charge in [0.2, 0.25) is 0 Å². The second-order valence-corrected chi connectivity index (χ2v) is 4.01. The first-order chi connectivity index (χ1) is 7.43. The molecule has 2 N–H and O–H groups in total. The predicted octanol–water partition coefficient (Wildman–Crippen LogP) is 1.56. The lowest BCUT2D eigenvalue weighted by Crippen LogP contribution is -2.04. The number of aromatic nitrogens is 4. The van der Waals surface area contributed by atoms with Crippen molar-refractivity contribution in [2.75, 3.05) is 11.9 Å². The molecule has 0 spiro atoms. The summed E-state index contributed by atoms with van der Waals surface area (Å²) in [6, 6.07) is 0. The van der Waals surface area contributed by atoms with E-state index in [2.05, 4.69) is 25.5 Å². The number of hydrogen-bond donors (Lipinski definition) is 2. The van der Waals surface area contributed by atoms with E-state index in [9.17, 15) is 0 Å². The Morgan fingerprint density at radius 3 is 3.20 bits per heavy atom. The van der Waals surface area contributed by atoms with E-state index in [1.807, 2.05) is 0 Å². The maximum Gasteiger partial charge on any atom is 0.160 e. The van der Waals surface area contributed by atoms with Gasteiger partial charge in [-0.05, 0) is 12.3 Å². The van der Waals surface area contributed by atoms with E-state index < -0.39 is 0 Å². The molecule has 2 heterocycles. The Kier molecular flexibility index (Phi) is 2.01. The van der Waals surface area contributed by atoms with E-state index in [-0.39, 0.29) is 0 Å². The minimum absolute atomic E-state index is 0.791. The number of hydrogen-bond acceptors (Lipinski definition) is 4. The van der Waals surface area contributed by atoms with Gasteiger partial charge in [-0.15, -0.1) is 0 Å². The van der Waals surface area contributed by atoms with Crippen molar-refractivity contribution in [3.63, 3.8) is 0 Å². The minimum atomic E-state index is 0.791. The van der Waals surface area contributed by atoms with Crippen molar-refractivity contribution in [3.05, 3.63) is 12.5 Å². The van der Waals surface area contributed by atoms with Gasteiger partial charge in [0.15, 0.2) is 5.65 Å². The lowest BCUT2D eigenvalue weighted by molar-refractivity contribution is 0.759. The van der Waals surface area contributed by atoms with Crippen LogP contribution >= 0.6 is 0 Å². The molecule has 5 heteroatoms. The highest BCUT2D eigenvalue weighted by Crippen LogP contribution is 2.32. The van der Waals surface area contributed by atoms with Crippen molar-refractivity contribution in [2.24, 2.45) is 5.92 Å². The van der Waals surface area contributed by atoms with Crippen LogP contribution in [0.1, 0.15) is 19.3 Å². The topological polar surface area (TPSA) is 66.5 Å². The van der Waals surface area contributed by atoms with E-state index in [0.717, 1.165) is 29.3 Å². The summed E-state index contributed by atoms with van der Waals surface area (Å²) in [6.07, 6.45) is 7.34. The van der Waals surface area contributed by atoms with E-state index in [1.54, 1.807) is 12.5 Å². The zero-order valence-electron chi connectivity index (χ0n) is 8.40. The summed E-state index contributed by atoms with van der Waals surface area (Å²) in [4.78, 5) is 8.30. The van der Waals surface area contributed by atoms with Crippen LogP contribution < -0.4 is 5.32 Å². The zero-order valence-corrected chi connectivity index (χ0v) is 8.40. The van der Waals surface area contributed by atoms with Crippen LogP contribution in [-0.2, 0) is 0 Å². The highest BCUT2D eigenvalue weighted by molar-refractivity contribution is 5.85. The zero-order chi connectivity index (χ0) is 10.1. The molecule has 0 unspecified atom stereocenters. The number of nitrogens with one attached hydrogen (secondary N) is 2. The van der Waals surface area contributed by atoms with Gasteiger partial charge in [0.25, 0.3) is 0 Å². The van der Waals surface area contributed by atoms with Crippen LogP contribution in [0.5, 0.6) is 0 Å².